The summed E-state index contributed by atoms with van der Waals surface area (Å²) in [6.45, 7) is 0. The Balaban J connectivity index is 1.82. The van der Waals surface area contributed by atoms with E-state index in [1.54, 1.807) is 0 Å². The second-order valence-corrected chi connectivity index (χ2v) is 4.84. The molecule has 0 fully saturated rings. The van der Waals surface area contributed by atoms with Gasteiger partial charge in [-0.05, 0) is 17.7 Å². The van der Waals surface area contributed by atoms with Gasteiger partial charge in [0.15, 0.2) is 0 Å². The SMILES string of the molecule is Clc1cccc(Cc2nc(-c3ccccc3)c[nH]2)c1. The van der Waals surface area contributed by atoms with Crippen LogP contribution in [0, 0.1) is 0 Å². The fourth-order valence-corrected chi connectivity index (χ4v) is 2.26. The van der Waals surface area contributed by atoms with Crippen LogP contribution in [0.5, 0.6) is 0 Å². The van der Waals surface area contributed by atoms with Gasteiger partial charge in [-0.2, -0.15) is 0 Å². The van der Waals surface area contributed by atoms with Crippen molar-refractivity contribution in [3.8, 4) is 11.3 Å². The summed E-state index contributed by atoms with van der Waals surface area (Å²) < 4.78 is 0. The van der Waals surface area contributed by atoms with E-state index in [4.69, 9.17) is 11.6 Å². The monoisotopic (exact) mass is 268 g/mol. The molecule has 0 spiro atoms. The number of halogens is 1. The van der Waals surface area contributed by atoms with Gasteiger partial charge in [0.05, 0.1) is 5.69 Å². The van der Waals surface area contributed by atoms with E-state index in [1.807, 2.05) is 42.6 Å². The molecule has 0 aliphatic heterocycles. The number of rotatable bonds is 3. The molecule has 0 bridgehead atoms. The van der Waals surface area contributed by atoms with Gasteiger partial charge in [0.2, 0.25) is 0 Å². The van der Waals surface area contributed by atoms with Crippen LogP contribution in [0.3, 0.4) is 0 Å². The van der Waals surface area contributed by atoms with Crippen molar-refractivity contribution in [3.05, 3.63) is 77.2 Å². The largest absolute Gasteiger partial charge is 0.348 e. The first kappa shape index (κ1) is 12.0. The maximum Gasteiger partial charge on any atom is 0.111 e. The molecule has 2 nitrogen and oxygen atoms in total. The normalized spacial score (nSPS) is 10.6. The number of imidazole rings is 1. The zero-order valence-electron chi connectivity index (χ0n) is 10.3. The summed E-state index contributed by atoms with van der Waals surface area (Å²) in [6, 6.07) is 18.0. The Labute approximate surface area is 117 Å². The second kappa shape index (κ2) is 5.29. The average molecular weight is 269 g/mol. The Hall–Kier alpha value is -2.06. The summed E-state index contributed by atoms with van der Waals surface area (Å²) in [5.41, 5.74) is 3.25. The number of aromatic nitrogens is 2. The molecule has 1 heterocycles. The Morgan fingerprint density at radius 2 is 1.84 bits per heavy atom. The Morgan fingerprint density at radius 1 is 1.00 bits per heavy atom. The van der Waals surface area contributed by atoms with Crippen molar-refractivity contribution in [1.29, 1.82) is 0 Å². The predicted molar refractivity (Wildman–Crippen MR) is 78.3 cm³/mol. The number of nitrogens with one attached hydrogen (secondary N) is 1. The number of hydrogen-bond donors (Lipinski definition) is 1. The van der Waals surface area contributed by atoms with Crippen LogP contribution in [0.25, 0.3) is 11.3 Å². The van der Waals surface area contributed by atoms with Gasteiger partial charge in [0.1, 0.15) is 5.82 Å². The molecular weight excluding hydrogens is 256 g/mol. The van der Waals surface area contributed by atoms with Crippen LogP contribution in [-0.4, -0.2) is 9.97 Å². The summed E-state index contributed by atoms with van der Waals surface area (Å²) in [4.78, 5) is 7.82. The minimum absolute atomic E-state index is 0.757. The van der Waals surface area contributed by atoms with Crippen LogP contribution in [0.4, 0.5) is 0 Å². The molecule has 0 aliphatic rings. The van der Waals surface area contributed by atoms with E-state index in [9.17, 15) is 0 Å². The smallest absolute Gasteiger partial charge is 0.111 e. The van der Waals surface area contributed by atoms with Gasteiger partial charge in [-0.25, -0.2) is 4.98 Å². The minimum atomic E-state index is 0.757. The van der Waals surface area contributed by atoms with Crippen molar-refractivity contribution in [2.75, 3.05) is 0 Å². The highest BCUT2D eigenvalue weighted by molar-refractivity contribution is 6.30. The molecule has 3 rings (SSSR count). The molecule has 0 radical (unpaired) electrons. The van der Waals surface area contributed by atoms with Crippen molar-refractivity contribution < 1.29 is 0 Å². The fraction of sp³-hybridized carbons (Fsp3) is 0.0625. The molecule has 0 aliphatic carbocycles. The molecule has 0 atom stereocenters. The number of aromatic amines is 1. The van der Waals surface area contributed by atoms with Gasteiger partial charge in [-0.1, -0.05) is 54.1 Å². The number of hydrogen-bond acceptors (Lipinski definition) is 1. The van der Waals surface area contributed by atoms with E-state index >= 15 is 0 Å². The molecule has 3 aromatic rings. The third-order valence-corrected chi connectivity index (χ3v) is 3.20. The third kappa shape index (κ3) is 2.85. The lowest BCUT2D eigenvalue weighted by Gasteiger charge is -1.99. The van der Waals surface area contributed by atoms with Crippen LogP contribution in [-0.2, 0) is 6.42 Å². The molecule has 2 aromatic carbocycles. The zero-order chi connectivity index (χ0) is 13.1. The molecule has 0 unspecified atom stereocenters. The van der Waals surface area contributed by atoms with Crippen LogP contribution >= 0.6 is 11.6 Å². The van der Waals surface area contributed by atoms with E-state index in [0.717, 1.165) is 34.1 Å². The first-order valence-corrected chi connectivity index (χ1v) is 6.53. The lowest BCUT2D eigenvalue weighted by atomic mass is 10.1. The van der Waals surface area contributed by atoms with Crippen molar-refractivity contribution >= 4 is 11.6 Å². The van der Waals surface area contributed by atoms with E-state index in [-0.39, 0.29) is 0 Å². The summed E-state index contributed by atoms with van der Waals surface area (Å²) in [7, 11) is 0. The minimum Gasteiger partial charge on any atom is -0.348 e. The van der Waals surface area contributed by atoms with E-state index in [2.05, 4.69) is 28.2 Å². The molecule has 19 heavy (non-hydrogen) atoms. The predicted octanol–water partition coefficient (Wildman–Crippen LogP) is 4.32. The van der Waals surface area contributed by atoms with Crippen LogP contribution in [0.1, 0.15) is 11.4 Å². The number of H-pyrrole nitrogens is 1. The highest BCUT2D eigenvalue weighted by Gasteiger charge is 2.04. The van der Waals surface area contributed by atoms with Crippen molar-refractivity contribution in [1.82, 2.24) is 9.97 Å². The van der Waals surface area contributed by atoms with E-state index in [1.165, 1.54) is 0 Å². The maximum absolute atomic E-state index is 5.98. The highest BCUT2D eigenvalue weighted by atomic mass is 35.5. The van der Waals surface area contributed by atoms with Gasteiger partial charge in [0.25, 0.3) is 0 Å². The van der Waals surface area contributed by atoms with Crippen molar-refractivity contribution in [2.24, 2.45) is 0 Å². The summed E-state index contributed by atoms with van der Waals surface area (Å²) in [6.07, 6.45) is 2.70. The summed E-state index contributed by atoms with van der Waals surface area (Å²) in [5, 5.41) is 0.757. The topological polar surface area (TPSA) is 28.7 Å². The molecule has 1 aromatic heterocycles. The van der Waals surface area contributed by atoms with E-state index in [0.29, 0.717) is 0 Å². The number of nitrogens with zero attached hydrogens (tertiary/aromatic N) is 1. The molecular formula is C16H13ClN2. The van der Waals surface area contributed by atoms with Gasteiger partial charge < -0.3 is 4.98 Å². The zero-order valence-corrected chi connectivity index (χ0v) is 11.1. The lowest BCUT2D eigenvalue weighted by Crippen LogP contribution is -1.90. The van der Waals surface area contributed by atoms with Gasteiger partial charge in [-0.3, -0.25) is 0 Å². The number of benzene rings is 2. The summed E-state index contributed by atoms with van der Waals surface area (Å²) >= 11 is 5.98. The highest BCUT2D eigenvalue weighted by Crippen LogP contribution is 2.18. The van der Waals surface area contributed by atoms with Gasteiger partial charge >= 0.3 is 0 Å². The molecule has 3 heteroatoms. The molecule has 0 saturated heterocycles. The maximum atomic E-state index is 5.98. The lowest BCUT2D eigenvalue weighted by molar-refractivity contribution is 1.03. The Morgan fingerprint density at radius 3 is 2.63 bits per heavy atom. The second-order valence-electron chi connectivity index (χ2n) is 4.41. The van der Waals surface area contributed by atoms with Gasteiger partial charge in [-0.15, -0.1) is 0 Å². The first-order chi connectivity index (χ1) is 9.31. The molecule has 1 N–H and O–H groups in total. The van der Waals surface area contributed by atoms with Crippen LogP contribution < -0.4 is 0 Å². The Bertz CT molecular complexity index is 674. The average Bonchev–Trinajstić information content (AvgIpc) is 2.88. The quantitative estimate of drug-likeness (QED) is 0.753. The first-order valence-electron chi connectivity index (χ1n) is 6.15. The Kier molecular flexibility index (Phi) is 3.34. The van der Waals surface area contributed by atoms with Crippen LogP contribution in [0.2, 0.25) is 5.02 Å². The van der Waals surface area contributed by atoms with Crippen molar-refractivity contribution in [3.63, 3.8) is 0 Å². The van der Waals surface area contributed by atoms with E-state index < -0.39 is 0 Å². The molecule has 94 valence electrons. The van der Waals surface area contributed by atoms with Gasteiger partial charge in [0, 0.05) is 23.2 Å². The molecule has 0 saturated carbocycles. The summed E-state index contributed by atoms with van der Waals surface area (Å²) in [5.74, 6) is 0.945. The van der Waals surface area contributed by atoms with Crippen LogP contribution in [0.15, 0.2) is 60.8 Å². The third-order valence-electron chi connectivity index (χ3n) is 2.96. The standard InChI is InChI=1S/C16H13ClN2/c17-14-8-4-5-12(9-14)10-16-18-11-15(19-16)13-6-2-1-3-7-13/h1-9,11H,10H2,(H,18,19). The van der Waals surface area contributed by atoms with Crippen molar-refractivity contribution in [2.45, 2.75) is 6.42 Å². The fourth-order valence-electron chi connectivity index (χ4n) is 2.05. The molecule has 0 amide bonds.